The van der Waals surface area contributed by atoms with Crippen molar-refractivity contribution in [3.8, 4) is 0 Å². The smallest absolute Gasteiger partial charge is 0.253 e. The molecule has 1 aromatic heterocycles. The maximum atomic E-state index is 12.2. The second kappa shape index (κ2) is 6.19. The molecule has 1 atom stereocenters. The van der Waals surface area contributed by atoms with E-state index in [2.05, 4.69) is 0 Å². The van der Waals surface area contributed by atoms with Crippen molar-refractivity contribution in [3.63, 3.8) is 0 Å². The van der Waals surface area contributed by atoms with Gasteiger partial charge in [0.1, 0.15) is 6.10 Å². The Labute approximate surface area is 121 Å². The van der Waals surface area contributed by atoms with Crippen molar-refractivity contribution in [1.82, 2.24) is 4.90 Å². The van der Waals surface area contributed by atoms with Gasteiger partial charge in [-0.1, -0.05) is 23.7 Å². The number of halogens is 1. The van der Waals surface area contributed by atoms with E-state index in [1.54, 1.807) is 31.3 Å². The molecule has 0 radical (unpaired) electrons. The average molecular weight is 296 g/mol. The zero-order chi connectivity index (χ0) is 13.8. The van der Waals surface area contributed by atoms with Crippen LogP contribution in [0.3, 0.4) is 0 Å². The first kappa shape index (κ1) is 14.1. The lowest BCUT2D eigenvalue weighted by molar-refractivity contribution is 0.0685. The zero-order valence-corrected chi connectivity index (χ0v) is 12.0. The first-order valence-electron chi connectivity index (χ1n) is 5.80. The number of likely N-dealkylation sites (N-methyl/N-ethyl adjacent to an activating group) is 1. The molecule has 5 heteroatoms. The molecule has 1 unspecified atom stereocenters. The zero-order valence-electron chi connectivity index (χ0n) is 10.4. The van der Waals surface area contributed by atoms with Gasteiger partial charge in [0, 0.05) is 22.5 Å². The van der Waals surface area contributed by atoms with Crippen molar-refractivity contribution in [2.75, 3.05) is 13.6 Å². The molecule has 19 heavy (non-hydrogen) atoms. The fourth-order valence-corrected chi connectivity index (χ4v) is 2.65. The Morgan fingerprint density at radius 1 is 1.42 bits per heavy atom. The highest BCUT2D eigenvalue weighted by Gasteiger charge is 2.17. The largest absolute Gasteiger partial charge is 0.386 e. The summed E-state index contributed by atoms with van der Waals surface area (Å²) in [6.07, 6.45) is -0.659. The van der Waals surface area contributed by atoms with Crippen LogP contribution < -0.4 is 0 Å². The molecule has 0 bridgehead atoms. The highest BCUT2D eigenvalue weighted by atomic mass is 35.5. The number of hydrogen-bond acceptors (Lipinski definition) is 3. The number of carbonyl (C=O) groups is 1. The predicted molar refractivity (Wildman–Crippen MR) is 77.7 cm³/mol. The van der Waals surface area contributed by atoms with E-state index in [4.69, 9.17) is 11.6 Å². The lowest BCUT2D eigenvalue weighted by Crippen LogP contribution is -2.30. The van der Waals surface area contributed by atoms with Crippen LogP contribution in [0.15, 0.2) is 41.8 Å². The van der Waals surface area contributed by atoms with E-state index in [0.29, 0.717) is 10.6 Å². The van der Waals surface area contributed by atoms with E-state index < -0.39 is 6.10 Å². The summed E-state index contributed by atoms with van der Waals surface area (Å²) in [6, 6.07) is 10.5. The van der Waals surface area contributed by atoms with E-state index in [1.165, 1.54) is 16.2 Å². The van der Waals surface area contributed by atoms with Crippen LogP contribution in [0.4, 0.5) is 0 Å². The molecular formula is C14H14ClNO2S. The van der Waals surface area contributed by atoms with Crippen LogP contribution in [0.2, 0.25) is 5.02 Å². The van der Waals surface area contributed by atoms with E-state index >= 15 is 0 Å². The number of hydrogen-bond donors (Lipinski definition) is 1. The number of aliphatic hydroxyl groups excluding tert-OH is 1. The van der Waals surface area contributed by atoms with Gasteiger partial charge in [-0.05, 0) is 29.6 Å². The third-order valence-corrected chi connectivity index (χ3v) is 3.95. The first-order valence-corrected chi connectivity index (χ1v) is 7.06. The quantitative estimate of drug-likeness (QED) is 0.941. The van der Waals surface area contributed by atoms with Gasteiger partial charge < -0.3 is 10.0 Å². The Bertz CT molecular complexity index is 556. The Hall–Kier alpha value is -1.36. The molecule has 1 N–H and O–H groups in total. The van der Waals surface area contributed by atoms with Crippen molar-refractivity contribution in [2.45, 2.75) is 6.10 Å². The van der Waals surface area contributed by atoms with Gasteiger partial charge in [0.25, 0.3) is 5.91 Å². The molecule has 3 nitrogen and oxygen atoms in total. The van der Waals surface area contributed by atoms with E-state index in [1.807, 2.05) is 17.5 Å². The maximum absolute atomic E-state index is 12.2. The molecule has 0 aliphatic carbocycles. The molecule has 0 fully saturated rings. The summed E-state index contributed by atoms with van der Waals surface area (Å²) in [5.41, 5.74) is 0.522. The minimum atomic E-state index is -0.659. The number of nitrogens with zero attached hydrogens (tertiary/aromatic N) is 1. The molecule has 0 spiro atoms. The third kappa shape index (κ3) is 3.56. The molecular weight excluding hydrogens is 282 g/mol. The first-order chi connectivity index (χ1) is 9.08. The maximum Gasteiger partial charge on any atom is 0.253 e. The molecule has 0 saturated carbocycles. The van der Waals surface area contributed by atoms with E-state index in [0.717, 1.165) is 4.88 Å². The van der Waals surface area contributed by atoms with Gasteiger partial charge in [-0.3, -0.25) is 4.79 Å². The normalized spacial score (nSPS) is 12.2. The van der Waals surface area contributed by atoms with Crippen molar-refractivity contribution in [2.24, 2.45) is 0 Å². The summed E-state index contributed by atoms with van der Waals surface area (Å²) in [7, 11) is 1.67. The van der Waals surface area contributed by atoms with Gasteiger partial charge in [0.05, 0.1) is 6.54 Å². The van der Waals surface area contributed by atoms with Gasteiger partial charge in [0.15, 0.2) is 0 Å². The molecule has 1 aromatic carbocycles. The van der Waals surface area contributed by atoms with Crippen LogP contribution >= 0.6 is 22.9 Å². The Morgan fingerprint density at radius 3 is 2.84 bits per heavy atom. The van der Waals surface area contributed by atoms with Crippen LogP contribution in [-0.2, 0) is 0 Å². The lowest BCUT2D eigenvalue weighted by Gasteiger charge is -2.20. The second-order valence-corrected chi connectivity index (χ2v) is 5.64. The molecule has 1 heterocycles. The molecule has 0 saturated heterocycles. The molecule has 2 aromatic rings. The number of amides is 1. The summed E-state index contributed by atoms with van der Waals surface area (Å²) in [5.74, 6) is -0.155. The SMILES string of the molecule is CN(CC(O)c1cccs1)C(=O)c1cccc(Cl)c1. The summed E-state index contributed by atoms with van der Waals surface area (Å²) < 4.78 is 0. The van der Waals surface area contributed by atoms with Crippen LogP contribution in [0.5, 0.6) is 0 Å². The van der Waals surface area contributed by atoms with Gasteiger partial charge in [-0.15, -0.1) is 11.3 Å². The average Bonchev–Trinajstić information content (AvgIpc) is 2.91. The predicted octanol–water partition coefficient (Wildman–Crippen LogP) is 3.21. The lowest BCUT2D eigenvalue weighted by atomic mass is 10.2. The fraction of sp³-hybridized carbons (Fsp3) is 0.214. The second-order valence-electron chi connectivity index (χ2n) is 4.23. The fourth-order valence-electron chi connectivity index (χ4n) is 1.76. The number of benzene rings is 1. The van der Waals surface area contributed by atoms with Crippen LogP contribution in [0.1, 0.15) is 21.3 Å². The van der Waals surface area contributed by atoms with Crippen molar-refractivity contribution in [1.29, 1.82) is 0 Å². The third-order valence-electron chi connectivity index (χ3n) is 2.74. The standard InChI is InChI=1S/C14H14ClNO2S/c1-16(9-12(17)13-6-3-7-19-13)14(18)10-4-2-5-11(15)8-10/h2-8,12,17H,9H2,1H3. The van der Waals surface area contributed by atoms with Gasteiger partial charge in [-0.25, -0.2) is 0 Å². The Morgan fingerprint density at radius 2 is 2.21 bits per heavy atom. The minimum absolute atomic E-state index is 0.155. The van der Waals surface area contributed by atoms with Crippen LogP contribution in [0.25, 0.3) is 0 Å². The van der Waals surface area contributed by atoms with E-state index in [9.17, 15) is 9.90 Å². The summed E-state index contributed by atoms with van der Waals surface area (Å²) >= 11 is 7.34. The molecule has 2 rings (SSSR count). The number of carbonyl (C=O) groups excluding carboxylic acids is 1. The topological polar surface area (TPSA) is 40.5 Å². The molecule has 1 amide bonds. The van der Waals surface area contributed by atoms with Crippen LogP contribution in [0, 0.1) is 0 Å². The Balaban J connectivity index is 2.03. The minimum Gasteiger partial charge on any atom is -0.386 e. The van der Waals surface area contributed by atoms with Crippen molar-refractivity contribution < 1.29 is 9.90 Å². The number of thiophene rings is 1. The van der Waals surface area contributed by atoms with E-state index in [-0.39, 0.29) is 12.5 Å². The summed E-state index contributed by atoms with van der Waals surface area (Å²) in [5, 5.41) is 12.4. The number of rotatable bonds is 4. The van der Waals surface area contributed by atoms with Crippen LogP contribution in [-0.4, -0.2) is 29.5 Å². The Kier molecular flexibility index (Phi) is 4.58. The number of aliphatic hydroxyl groups is 1. The summed E-state index contributed by atoms with van der Waals surface area (Å²) in [4.78, 5) is 14.5. The molecule has 0 aliphatic heterocycles. The monoisotopic (exact) mass is 295 g/mol. The van der Waals surface area contributed by atoms with Crippen molar-refractivity contribution in [3.05, 3.63) is 57.2 Å². The molecule has 0 aliphatic rings. The molecule has 100 valence electrons. The highest BCUT2D eigenvalue weighted by molar-refractivity contribution is 7.10. The van der Waals surface area contributed by atoms with Gasteiger partial charge in [0.2, 0.25) is 0 Å². The van der Waals surface area contributed by atoms with Gasteiger partial charge in [-0.2, -0.15) is 0 Å². The van der Waals surface area contributed by atoms with Crippen molar-refractivity contribution >= 4 is 28.8 Å². The van der Waals surface area contributed by atoms with Gasteiger partial charge >= 0.3 is 0 Å². The summed E-state index contributed by atoms with van der Waals surface area (Å²) in [6.45, 7) is 0.256. The highest BCUT2D eigenvalue weighted by Crippen LogP contribution is 2.20.